The summed E-state index contributed by atoms with van der Waals surface area (Å²) in [6.45, 7) is 2.70. The van der Waals surface area contributed by atoms with E-state index >= 15 is 0 Å². The molecule has 0 spiro atoms. The Morgan fingerprint density at radius 2 is 1.88 bits per heavy atom. The molecule has 0 aromatic carbocycles. The van der Waals surface area contributed by atoms with Crippen molar-refractivity contribution in [1.82, 2.24) is 5.32 Å². The van der Waals surface area contributed by atoms with Crippen molar-refractivity contribution in [1.29, 1.82) is 0 Å². The number of nitrogens with one attached hydrogen (secondary N) is 1. The molecule has 0 radical (unpaired) electrons. The summed E-state index contributed by atoms with van der Waals surface area (Å²) in [5, 5.41) is 29.0. The molecule has 0 aliphatic carbocycles. The molecule has 1 atom stereocenters. The summed E-state index contributed by atoms with van der Waals surface area (Å²) in [4.78, 5) is 21.4. The van der Waals surface area contributed by atoms with Crippen LogP contribution in [0.4, 0.5) is 0 Å². The molecule has 0 fully saturated rings. The maximum atomic E-state index is 11.3. The third kappa shape index (κ3) is 6.07. The van der Waals surface area contributed by atoms with Crippen LogP contribution in [0.1, 0.15) is 20.3 Å². The van der Waals surface area contributed by atoms with Crippen LogP contribution in [0.5, 0.6) is 0 Å². The molecule has 0 rings (SSSR count). The Kier molecular flexibility index (Phi) is 8.46. The number of carboxylic acid groups (broad SMARTS) is 1. The maximum absolute atomic E-state index is 11.3. The molecule has 0 aliphatic heterocycles. The number of carbonyl (C=O) groups is 2. The minimum Gasteiger partial charge on any atom is -0.481 e. The molecule has 0 aromatic rings. The number of aliphatic carboxylic acids is 1. The second-order valence-corrected chi connectivity index (χ2v) is 3.98. The number of aliphatic hydroxyl groups excluding tert-OH is 2. The van der Waals surface area contributed by atoms with Crippen molar-refractivity contribution >= 4 is 11.9 Å². The zero-order valence-corrected chi connectivity index (χ0v) is 10.3. The first kappa shape index (κ1) is 17.8. The predicted molar refractivity (Wildman–Crippen MR) is 52.1 cm³/mol. The fourth-order valence-corrected chi connectivity index (χ4v) is 0.831. The van der Waals surface area contributed by atoms with E-state index in [0.29, 0.717) is 0 Å². The first-order valence-electron chi connectivity index (χ1n) is 4.59. The van der Waals surface area contributed by atoms with Crippen LogP contribution in [0.25, 0.3) is 0 Å². The van der Waals surface area contributed by atoms with Crippen LogP contribution in [-0.4, -0.2) is 46.5 Å². The first-order chi connectivity index (χ1) is 6.81. The number of rotatable bonds is 6. The van der Waals surface area contributed by atoms with E-state index in [0.717, 1.165) is 0 Å². The zero-order valence-electron chi connectivity index (χ0n) is 9.21. The predicted octanol–water partition coefficient (Wildman–Crippen LogP) is -1.05. The van der Waals surface area contributed by atoms with Gasteiger partial charge in [-0.25, -0.2) is 0 Å². The Morgan fingerprint density at radius 3 is 2.25 bits per heavy atom. The Bertz CT molecular complexity index is 244. The van der Waals surface area contributed by atoms with Crippen LogP contribution in [0.15, 0.2) is 0 Å². The number of hydrogen-bond acceptors (Lipinski definition) is 4. The molecule has 0 bridgehead atoms. The summed E-state index contributed by atoms with van der Waals surface area (Å²) in [5.74, 6) is -1.69. The molecule has 6 nitrogen and oxygen atoms in total. The minimum absolute atomic E-state index is 0. The van der Waals surface area contributed by atoms with E-state index in [1.54, 1.807) is 0 Å². The molecule has 0 unspecified atom stereocenters. The number of carbonyl (C=O) groups excluding carboxylic acids is 1. The average Bonchev–Trinajstić information content (AvgIpc) is 2.15. The van der Waals surface area contributed by atoms with Crippen LogP contribution >= 0.6 is 0 Å². The van der Waals surface area contributed by atoms with Gasteiger partial charge in [0.05, 0.1) is 13.0 Å². The van der Waals surface area contributed by atoms with Gasteiger partial charge in [0.15, 0.2) is 0 Å². The second-order valence-electron chi connectivity index (χ2n) is 3.98. The molecule has 7 heteroatoms. The molecule has 96 valence electrons. The van der Waals surface area contributed by atoms with Crippen LogP contribution in [0.2, 0.25) is 0 Å². The van der Waals surface area contributed by atoms with Crippen molar-refractivity contribution < 1.29 is 42.0 Å². The van der Waals surface area contributed by atoms with E-state index < -0.39 is 23.4 Å². The Hall–Kier alpha value is -0.621. The van der Waals surface area contributed by atoms with Gasteiger partial charge in [-0.2, -0.15) is 0 Å². The van der Waals surface area contributed by atoms with Gasteiger partial charge in [0.25, 0.3) is 0 Å². The molecular formula is C9H17FeNO5. The van der Waals surface area contributed by atoms with Gasteiger partial charge in [0, 0.05) is 29.0 Å². The average molecular weight is 275 g/mol. The maximum Gasteiger partial charge on any atom is 0.305 e. The molecule has 16 heavy (non-hydrogen) atoms. The minimum atomic E-state index is -1.35. The van der Waals surface area contributed by atoms with Crippen LogP contribution < -0.4 is 5.32 Å². The number of aliphatic hydroxyl groups is 2. The summed E-state index contributed by atoms with van der Waals surface area (Å²) in [5.41, 5.74) is -0.937. The van der Waals surface area contributed by atoms with Crippen LogP contribution in [0, 0.1) is 5.41 Å². The molecular weight excluding hydrogens is 258 g/mol. The molecule has 0 saturated carbocycles. The van der Waals surface area contributed by atoms with Gasteiger partial charge in [0.2, 0.25) is 5.91 Å². The first-order valence-corrected chi connectivity index (χ1v) is 4.59. The molecule has 0 aromatic heterocycles. The molecule has 0 heterocycles. The topological polar surface area (TPSA) is 107 Å². The fraction of sp³-hybridized carbons (Fsp3) is 0.778. The summed E-state index contributed by atoms with van der Waals surface area (Å²) in [6.07, 6.45) is -1.55. The quantitative estimate of drug-likeness (QED) is 0.463. The molecule has 1 amide bonds. The van der Waals surface area contributed by atoms with Gasteiger partial charge in [-0.3, -0.25) is 9.59 Å². The Balaban J connectivity index is 0. The van der Waals surface area contributed by atoms with Crippen molar-refractivity contribution in [2.45, 2.75) is 26.4 Å². The summed E-state index contributed by atoms with van der Waals surface area (Å²) in [6, 6.07) is 0. The number of amides is 1. The van der Waals surface area contributed by atoms with Crippen molar-refractivity contribution in [2.24, 2.45) is 5.41 Å². The van der Waals surface area contributed by atoms with E-state index in [-0.39, 0.29) is 36.6 Å². The van der Waals surface area contributed by atoms with Crippen LogP contribution in [-0.2, 0) is 26.7 Å². The van der Waals surface area contributed by atoms with E-state index in [2.05, 4.69) is 5.32 Å². The van der Waals surface area contributed by atoms with E-state index in [1.807, 2.05) is 0 Å². The van der Waals surface area contributed by atoms with E-state index in [9.17, 15) is 14.7 Å². The van der Waals surface area contributed by atoms with Crippen molar-refractivity contribution in [3.05, 3.63) is 0 Å². The van der Waals surface area contributed by atoms with Crippen LogP contribution in [0.3, 0.4) is 0 Å². The van der Waals surface area contributed by atoms with Gasteiger partial charge in [-0.1, -0.05) is 13.8 Å². The van der Waals surface area contributed by atoms with Crippen molar-refractivity contribution in [2.75, 3.05) is 13.2 Å². The van der Waals surface area contributed by atoms with E-state index in [1.165, 1.54) is 13.8 Å². The van der Waals surface area contributed by atoms with Crippen molar-refractivity contribution in [3.8, 4) is 0 Å². The summed E-state index contributed by atoms with van der Waals surface area (Å²) < 4.78 is 0. The molecule has 0 saturated heterocycles. The van der Waals surface area contributed by atoms with Gasteiger partial charge >= 0.3 is 5.97 Å². The Morgan fingerprint density at radius 1 is 1.38 bits per heavy atom. The third-order valence-corrected chi connectivity index (χ3v) is 2.03. The zero-order chi connectivity index (χ0) is 12.1. The van der Waals surface area contributed by atoms with Gasteiger partial charge in [-0.05, 0) is 0 Å². The van der Waals surface area contributed by atoms with Gasteiger partial charge in [-0.15, -0.1) is 0 Å². The van der Waals surface area contributed by atoms with Crippen molar-refractivity contribution in [3.63, 3.8) is 0 Å². The summed E-state index contributed by atoms with van der Waals surface area (Å²) >= 11 is 0. The normalized spacial score (nSPS) is 12.5. The SMILES string of the molecule is CC(C)(CO)[C@@H](O)C(=O)NCCC(=O)O.[Fe]. The third-order valence-electron chi connectivity index (χ3n) is 2.03. The van der Waals surface area contributed by atoms with E-state index in [4.69, 9.17) is 10.2 Å². The van der Waals surface area contributed by atoms with Gasteiger partial charge in [0.1, 0.15) is 6.10 Å². The monoisotopic (exact) mass is 275 g/mol. The Labute approximate surface area is 105 Å². The number of carboxylic acids is 1. The smallest absolute Gasteiger partial charge is 0.305 e. The summed E-state index contributed by atoms with van der Waals surface area (Å²) in [7, 11) is 0. The number of hydrogen-bond donors (Lipinski definition) is 4. The standard InChI is InChI=1S/C9H17NO5.Fe/c1-9(2,5-11)7(14)8(15)10-4-3-6(12)13;/h7,11,14H,3-5H2,1-2H3,(H,10,15)(H,12,13);/t7-;/m0./s1. The largest absolute Gasteiger partial charge is 0.481 e. The fourth-order valence-electron chi connectivity index (χ4n) is 0.831. The second kappa shape index (κ2) is 7.62. The molecule has 0 aliphatic rings. The van der Waals surface area contributed by atoms with Gasteiger partial charge < -0.3 is 20.6 Å². The molecule has 4 N–H and O–H groups in total.